The number of pyridine rings is 1. The average Bonchev–Trinajstić information content (AvgIpc) is 3.95. The lowest BCUT2D eigenvalue weighted by Crippen LogP contribution is -2.52. The molecule has 12 heteroatoms. The van der Waals surface area contributed by atoms with Crippen LogP contribution in [0.2, 0.25) is 0 Å². The van der Waals surface area contributed by atoms with Crippen molar-refractivity contribution in [2.75, 3.05) is 89.4 Å². The number of nitrogens with zero attached hydrogens (tertiary/aromatic N) is 6. The predicted octanol–water partition coefficient (Wildman–Crippen LogP) is 6.75. The smallest absolute Gasteiger partial charge is 0.229 e. The van der Waals surface area contributed by atoms with Crippen LogP contribution in [0.4, 0.5) is 28.8 Å². The fraction of sp³-hybridized carbons (Fsp3) is 0.472. The molecule has 0 amide bonds. The summed E-state index contributed by atoms with van der Waals surface area (Å²) in [5.74, 6) is 3.27. The average molecular weight is 734 g/mol. The van der Waals surface area contributed by atoms with Gasteiger partial charge >= 0.3 is 0 Å². The van der Waals surface area contributed by atoms with E-state index in [1.807, 2.05) is 6.07 Å². The Morgan fingerprint density at radius 1 is 0.833 bits per heavy atom. The van der Waals surface area contributed by atoms with Gasteiger partial charge in [0.05, 0.1) is 35.6 Å². The minimum atomic E-state index is -0.423. The van der Waals surface area contributed by atoms with Gasteiger partial charge in [0.25, 0.3) is 0 Å². The zero-order chi connectivity index (χ0) is 33.4. The summed E-state index contributed by atoms with van der Waals surface area (Å²) < 4.78 is 12.6. The Balaban J connectivity index is 1.10. The molecule has 3 fully saturated rings. The van der Waals surface area contributed by atoms with E-state index >= 15 is 0 Å². The first-order chi connectivity index (χ1) is 23.3. The first-order valence-electron chi connectivity index (χ1n) is 16.9. The quantitative estimate of drug-likeness (QED) is 0.171. The largest absolute Gasteiger partial charge is 0.494 e. The number of fused-ring (bicyclic) bond motifs is 1. The van der Waals surface area contributed by atoms with Crippen LogP contribution in [0.25, 0.3) is 10.9 Å². The van der Waals surface area contributed by atoms with E-state index in [0.29, 0.717) is 29.5 Å². The van der Waals surface area contributed by atoms with E-state index in [-0.39, 0.29) is 0 Å². The lowest BCUT2D eigenvalue weighted by atomic mass is 10.0. The number of methoxy groups -OCH3 is 2. The molecule has 2 N–H and O–H groups in total. The number of hydrogen-bond donors (Lipinski definition) is 2. The molecule has 2 saturated heterocycles. The molecule has 0 radical (unpaired) electrons. The van der Waals surface area contributed by atoms with Crippen LogP contribution >= 0.6 is 23.9 Å². The first-order valence-corrected chi connectivity index (χ1v) is 19.9. The van der Waals surface area contributed by atoms with Crippen LogP contribution in [0, 0.1) is 0 Å². The lowest BCUT2D eigenvalue weighted by molar-refractivity contribution is 0.0981. The molecule has 2 aliphatic heterocycles. The molecule has 254 valence electrons. The summed E-state index contributed by atoms with van der Waals surface area (Å²) in [4.78, 5) is 22.0. The number of piperidine rings is 1. The van der Waals surface area contributed by atoms with Crippen LogP contribution in [-0.4, -0.2) is 105 Å². The molecule has 2 aromatic heterocycles. The number of halogens is 1. The number of likely N-dealkylation sites (N-methyl/N-ethyl adjacent to an activating group) is 1. The maximum atomic E-state index is 5.93. The van der Waals surface area contributed by atoms with Gasteiger partial charge in [-0.1, -0.05) is 14.0 Å². The summed E-state index contributed by atoms with van der Waals surface area (Å²) in [5, 5.41) is 9.49. The van der Waals surface area contributed by atoms with Gasteiger partial charge in [-0.15, -0.1) is 0 Å². The molecule has 4 aromatic rings. The third kappa shape index (κ3) is 7.06. The summed E-state index contributed by atoms with van der Waals surface area (Å²) in [7, 11) is 5.22. The highest BCUT2D eigenvalue weighted by molar-refractivity contribution is 9.10. The molecule has 7 rings (SSSR count). The van der Waals surface area contributed by atoms with Crippen molar-refractivity contribution < 1.29 is 9.47 Å². The van der Waals surface area contributed by atoms with Crippen LogP contribution in [0.5, 0.6) is 11.5 Å². The summed E-state index contributed by atoms with van der Waals surface area (Å²) in [5.41, 5.74) is 5.10. The highest BCUT2D eigenvalue weighted by Gasteiger charge is 2.29. The van der Waals surface area contributed by atoms with Crippen molar-refractivity contribution in [1.29, 1.82) is 0 Å². The van der Waals surface area contributed by atoms with Crippen molar-refractivity contribution in [3.05, 3.63) is 52.8 Å². The molecule has 4 heterocycles. The van der Waals surface area contributed by atoms with Crippen molar-refractivity contribution in [2.45, 2.75) is 37.6 Å². The van der Waals surface area contributed by atoms with Crippen LogP contribution in [0.1, 0.15) is 37.3 Å². The Hall–Kier alpha value is -3.24. The Labute approximate surface area is 293 Å². The van der Waals surface area contributed by atoms with E-state index in [0.717, 1.165) is 84.9 Å². The Bertz CT molecular complexity index is 1770. The van der Waals surface area contributed by atoms with E-state index in [1.54, 1.807) is 20.4 Å². The molecule has 3 aliphatic rings. The molecule has 48 heavy (non-hydrogen) atoms. The zero-order valence-corrected chi connectivity index (χ0v) is 31.1. The fourth-order valence-electron chi connectivity index (χ4n) is 7.04. The molecule has 1 saturated carbocycles. The summed E-state index contributed by atoms with van der Waals surface area (Å²) in [6.45, 7) is 11.2. The number of aromatic nitrogens is 3. The van der Waals surface area contributed by atoms with Gasteiger partial charge in [0.15, 0.2) is 0 Å². The Morgan fingerprint density at radius 3 is 2.27 bits per heavy atom. The minimum Gasteiger partial charge on any atom is -0.494 e. The van der Waals surface area contributed by atoms with Gasteiger partial charge < -0.3 is 29.9 Å². The van der Waals surface area contributed by atoms with Crippen LogP contribution in [0.3, 0.4) is 0 Å². The van der Waals surface area contributed by atoms with Gasteiger partial charge in [0, 0.05) is 91.6 Å². The van der Waals surface area contributed by atoms with Crippen LogP contribution in [0.15, 0.2) is 47.1 Å². The molecular weight excluding hydrogens is 687 g/mol. The van der Waals surface area contributed by atoms with Gasteiger partial charge in [0.1, 0.15) is 17.3 Å². The minimum absolute atomic E-state index is 0.423. The van der Waals surface area contributed by atoms with Crippen molar-refractivity contribution >= 4 is 68.9 Å². The molecular formula is C36H46BrN8O2P. The van der Waals surface area contributed by atoms with Crippen LogP contribution in [-0.2, 0) is 0 Å². The second-order valence-electron chi connectivity index (χ2n) is 13.4. The molecule has 0 bridgehead atoms. The topological polar surface area (TPSA) is 90.9 Å². The summed E-state index contributed by atoms with van der Waals surface area (Å²) in [6.07, 6.45) is 6.55. The molecule has 10 nitrogen and oxygen atoms in total. The predicted molar refractivity (Wildman–Crippen MR) is 202 cm³/mol. The van der Waals surface area contributed by atoms with Crippen molar-refractivity contribution in [1.82, 2.24) is 24.8 Å². The maximum Gasteiger partial charge on any atom is 0.229 e. The molecule has 0 atom stereocenters. The first kappa shape index (κ1) is 33.3. The fourth-order valence-corrected chi connectivity index (χ4v) is 8.62. The molecule has 2 aromatic carbocycles. The number of piperazine rings is 1. The molecule has 0 unspecified atom stereocenters. The van der Waals surface area contributed by atoms with Crippen LogP contribution < -0.4 is 30.3 Å². The third-order valence-corrected chi connectivity index (χ3v) is 11.9. The molecule has 0 spiro atoms. The molecule has 1 aliphatic carbocycles. The highest BCUT2D eigenvalue weighted by atomic mass is 79.9. The number of anilines is 5. The summed E-state index contributed by atoms with van der Waals surface area (Å²) in [6, 6.07) is 13.4. The van der Waals surface area contributed by atoms with E-state index in [4.69, 9.17) is 19.4 Å². The highest BCUT2D eigenvalue weighted by Crippen LogP contribution is 2.42. The van der Waals surface area contributed by atoms with Gasteiger partial charge in [-0.2, -0.15) is 4.98 Å². The summed E-state index contributed by atoms with van der Waals surface area (Å²) >= 11 is 3.68. The standard InChI is InChI=1S/C36H46BrN8O2P/c1-43-16-18-44(19-17-43)24-12-14-45(15-13-24)31-21-32(46-2)30(20-33(31)47-3)41-36-38-22-26(37)35(42-36)40-29-11-10-28-25(34(29)48(4)5)8-9-27(39-28)23-6-7-23/h8-11,20-24H,6-7,12-19H2,1-5H3,(H2,38,40,41,42). The van der Waals surface area contributed by atoms with Gasteiger partial charge in [-0.25, -0.2) is 4.98 Å². The van der Waals surface area contributed by atoms with E-state index in [2.05, 4.69) is 97.0 Å². The van der Waals surface area contributed by atoms with Gasteiger partial charge in [0.2, 0.25) is 5.95 Å². The SMILES string of the molecule is COc1cc(N2CCC(N3CCN(C)CC3)CC2)c(OC)cc1Nc1ncc(Br)c(Nc2ccc3nc(C4CC4)ccc3c2P(C)C)n1. The van der Waals surface area contributed by atoms with Gasteiger partial charge in [-0.3, -0.25) is 9.88 Å². The number of hydrogen-bond acceptors (Lipinski definition) is 10. The van der Waals surface area contributed by atoms with Crippen molar-refractivity contribution in [2.24, 2.45) is 0 Å². The normalized spacial score (nSPS) is 18.0. The van der Waals surface area contributed by atoms with Crippen molar-refractivity contribution in [3.63, 3.8) is 0 Å². The number of benzene rings is 2. The monoisotopic (exact) mass is 732 g/mol. The van der Waals surface area contributed by atoms with E-state index < -0.39 is 7.92 Å². The number of ether oxygens (including phenoxy) is 2. The lowest BCUT2D eigenvalue weighted by Gasteiger charge is -2.42. The Morgan fingerprint density at radius 2 is 1.58 bits per heavy atom. The maximum absolute atomic E-state index is 5.93. The Kier molecular flexibility index (Phi) is 9.92. The van der Waals surface area contributed by atoms with Gasteiger partial charge in [-0.05, 0) is 80.2 Å². The second-order valence-corrected chi connectivity index (χ2v) is 16.4. The zero-order valence-electron chi connectivity index (χ0n) is 28.6. The third-order valence-electron chi connectivity index (χ3n) is 9.91. The second kappa shape index (κ2) is 14.3. The number of nitrogens with one attached hydrogen (secondary N) is 2. The van der Waals surface area contributed by atoms with E-state index in [1.165, 1.54) is 29.2 Å². The number of rotatable bonds is 10. The van der Waals surface area contributed by atoms with E-state index in [9.17, 15) is 0 Å². The van der Waals surface area contributed by atoms with Crippen molar-refractivity contribution in [3.8, 4) is 11.5 Å².